The van der Waals surface area contributed by atoms with E-state index >= 15 is 0 Å². The third kappa shape index (κ3) is 8.10. The Morgan fingerprint density at radius 3 is 2.56 bits per heavy atom. The lowest BCUT2D eigenvalue weighted by molar-refractivity contribution is -0.134. The summed E-state index contributed by atoms with van der Waals surface area (Å²) in [6, 6.07) is 22.0. The van der Waals surface area contributed by atoms with Gasteiger partial charge >= 0.3 is 0 Å². The summed E-state index contributed by atoms with van der Waals surface area (Å²) in [7, 11) is 3.80. The van der Waals surface area contributed by atoms with Crippen molar-refractivity contribution in [1.29, 1.82) is 0 Å². The van der Waals surface area contributed by atoms with Crippen LogP contribution in [0.2, 0.25) is 0 Å². The van der Waals surface area contributed by atoms with Gasteiger partial charge in [-0.1, -0.05) is 18.2 Å². The Bertz CT molecular complexity index is 2260. The molecule has 5 aromatic rings. The number of hydrogen-bond donors (Lipinski definition) is 2. The lowest BCUT2D eigenvalue weighted by Crippen LogP contribution is -2.52. The van der Waals surface area contributed by atoms with Crippen molar-refractivity contribution in [2.45, 2.75) is 44.2 Å². The lowest BCUT2D eigenvalue weighted by atomic mass is 10.0. The molecule has 3 aromatic heterocycles. The zero-order valence-corrected chi connectivity index (χ0v) is 32.4. The maximum atomic E-state index is 14.1. The molecule has 3 aliphatic heterocycles. The van der Waals surface area contributed by atoms with Crippen LogP contribution in [-0.4, -0.2) is 109 Å². The largest absolute Gasteiger partial charge is 0.385 e. The van der Waals surface area contributed by atoms with E-state index in [0.29, 0.717) is 12.1 Å². The van der Waals surface area contributed by atoms with Gasteiger partial charge in [0.25, 0.3) is 0 Å². The number of aromatic nitrogens is 4. The fourth-order valence-electron chi connectivity index (χ4n) is 8.23. The number of halogens is 1. The smallest absolute Gasteiger partial charge is 0.249 e. The van der Waals surface area contributed by atoms with Gasteiger partial charge in [-0.05, 0) is 92.4 Å². The van der Waals surface area contributed by atoms with Gasteiger partial charge in [-0.3, -0.25) is 24.6 Å². The molecule has 14 nitrogen and oxygen atoms in total. The number of carbonyl (C=O) groups is 3. The summed E-state index contributed by atoms with van der Waals surface area (Å²) in [6.07, 6.45) is 5.89. The molecule has 0 saturated carbocycles. The van der Waals surface area contributed by atoms with Crippen LogP contribution in [0, 0.1) is 5.82 Å². The zero-order chi connectivity index (χ0) is 39.5. The molecular weight excluding hydrogens is 726 g/mol. The number of hydrogen-bond acceptors (Lipinski definition) is 11. The van der Waals surface area contributed by atoms with E-state index in [1.807, 2.05) is 78.2 Å². The summed E-state index contributed by atoms with van der Waals surface area (Å²) in [5, 5.41) is 10.9. The van der Waals surface area contributed by atoms with Gasteiger partial charge in [0.1, 0.15) is 29.2 Å². The first-order valence-electron chi connectivity index (χ1n) is 19.7. The van der Waals surface area contributed by atoms with E-state index in [1.165, 1.54) is 11.0 Å². The van der Waals surface area contributed by atoms with Crippen LogP contribution in [0.3, 0.4) is 0 Å². The standard InChI is InChI=1S/C42H48FN11O3/c1-49(2)36-26-31(12-13-34(36)53(28-55)35-14-17-41(56)47-42(35)57)44-18-6-19-50-21-23-51(24-22-50)39-11-4-9-32(46-39)37-27-45-38-15-16-40(48-54(37)38)52-20-5-10-33(52)29-7-3-8-30(43)25-29/h3-4,7-9,11-13,15-16,25-28,33,35,44H,5-6,10,14,17-24H2,1-2H3,(H,47,56,57). The number of benzene rings is 2. The summed E-state index contributed by atoms with van der Waals surface area (Å²) >= 11 is 0. The Kier molecular flexibility index (Phi) is 11.0. The van der Waals surface area contributed by atoms with Gasteiger partial charge in [-0.25, -0.2) is 18.9 Å². The van der Waals surface area contributed by atoms with Crippen LogP contribution in [0.5, 0.6) is 0 Å². The summed E-state index contributed by atoms with van der Waals surface area (Å²) in [5.41, 5.74) is 5.68. The molecule has 0 spiro atoms. The van der Waals surface area contributed by atoms with Crippen molar-refractivity contribution in [3.05, 3.63) is 90.4 Å². The molecule has 57 heavy (non-hydrogen) atoms. The maximum absolute atomic E-state index is 14.1. The van der Waals surface area contributed by atoms with Gasteiger partial charge in [0, 0.05) is 65.5 Å². The zero-order valence-electron chi connectivity index (χ0n) is 32.4. The number of imide groups is 1. The second-order valence-electron chi connectivity index (χ2n) is 15.1. The Hall–Kier alpha value is -6.09. The van der Waals surface area contributed by atoms with Crippen molar-refractivity contribution in [3.8, 4) is 11.4 Å². The second-order valence-corrected chi connectivity index (χ2v) is 15.1. The Morgan fingerprint density at radius 1 is 0.930 bits per heavy atom. The molecular formula is C42H48FN11O3. The lowest BCUT2D eigenvalue weighted by Gasteiger charge is -2.35. The first-order chi connectivity index (χ1) is 27.7. The number of amides is 3. The average Bonchev–Trinajstić information content (AvgIpc) is 3.89. The third-order valence-corrected chi connectivity index (χ3v) is 11.2. The Labute approximate surface area is 331 Å². The predicted octanol–water partition coefficient (Wildman–Crippen LogP) is 4.73. The number of rotatable bonds is 13. The summed E-state index contributed by atoms with van der Waals surface area (Å²) in [6.45, 7) is 6.16. The van der Waals surface area contributed by atoms with Crippen molar-refractivity contribution in [1.82, 2.24) is 29.8 Å². The first kappa shape index (κ1) is 37.8. The molecule has 2 atom stereocenters. The van der Waals surface area contributed by atoms with Crippen LogP contribution in [0.25, 0.3) is 17.0 Å². The fraction of sp³-hybridized carbons (Fsp3) is 0.381. The van der Waals surface area contributed by atoms with E-state index in [4.69, 9.17) is 10.1 Å². The number of piperidine rings is 1. The Balaban J connectivity index is 0.858. The van der Waals surface area contributed by atoms with Gasteiger partial charge in [-0.15, -0.1) is 5.10 Å². The number of pyridine rings is 1. The topological polar surface area (TPSA) is 135 Å². The van der Waals surface area contributed by atoms with Crippen molar-refractivity contribution in [3.63, 3.8) is 0 Å². The second kappa shape index (κ2) is 16.6. The van der Waals surface area contributed by atoms with Crippen molar-refractivity contribution in [2.24, 2.45) is 0 Å². The minimum atomic E-state index is -0.731. The predicted molar refractivity (Wildman–Crippen MR) is 219 cm³/mol. The molecule has 3 saturated heterocycles. The fourth-order valence-corrected chi connectivity index (χ4v) is 8.23. The SMILES string of the molecule is CN(C)c1cc(NCCCN2CCN(c3cccc(-c4cnc5ccc(N6CCCC6c6cccc(F)c6)nn45)n3)CC2)ccc1N(C=O)C1CCC(=O)NC1=O. The molecule has 2 aromatic carbocycles. The molecule has 8 rings (SSSR count). The quantitative estimate of drug-likeness (QED) is 0.0978. The van der Waals surface area contributed by atoms with Gasteiger partial charge in [0.15, 0.2) is 5.65 Å². The number of carbonyl (C=O) groups excluding carboxylic acids is 3. The van der Waals surface area contributed by atoms with E-state index in [9.17, 15) is 18.8 Å². The molecule has 15 heteroatoms. The average molecular weight is 774 g/mol. The van der Waals surface area contributed by atoms with E-state index in [1.54, 1.807) is 12.1 Å². The monoisotopic (exact) mass is 773 g/mol. The van der Waals surface area contributed by atoms with E-state index in [2.05, 4.69) is 36.4 Å². The van der Waals surface area contributed by atoms with Gasteiger partial charge in [-0.2, -0.15) is 0 Å². The Morgan fingerprint density at radius 2 is 1.77 bits per heavy atom. The highest BCUT2D eigenvalue weighted by molar-refractivity contribution is 6.04. The molecule has 6 heterocycles. The van der Waals surface area contributed by atoms with Crippen molar-refractivity contribution >= 4 is 52.6 Å². The first-order valence-corrected chi connectivity index (χ1v) is 19.7. The van der Waals surface area contributed by atoms with Crippen molar-refractivity contribution < 1.29 is 18.8 Å². The van der Waals surface area contributed by atoms with Crippen molar-refractivity contribution in [2.75, 3.05) is 84.8 Å². The highest BCUT2D eigenvalue weighted by atomic mass is 19.1. The van der Waals surface area contributed by atoms with E-state index < -0.39 is 11.9 Å². The highest BCUT2D eigenvalue weighted by Gasteiger charge is 2.33. The molecule has 2 N–H and O–H groups in total. The van der Waals surface area contributed by atoms with E-state index in [-0.39, 0.29) is 30.6 Å². The molecule has 3 aliphatic rings. The number of nitrogens with one attached hydrogen (secondary N) is 2. The third-order valence-electron chi connectivity index (χ3n) is 11.2. The summed E-state index contributed by atoms with van der Waals surface area (Å²) in [4.78, 5) is 56.5. The van der Waals surface area contributed by atoms with Crippen LogP contribution in [0.1, 0.15) is 43.7 Å². The molecule has 0 aliphatic carbocycles. The van der Waals surface area contributed by atoms with Crippen LogP contribution in [-0.2, 0) is 14.4 Å². The van der Waals surface area contributed by atoms with Crippen LogP contribution >= 0.6 is 0 Å². The van der Waals surface area contributed by atoms with Gasteiger partial charge < -0.3 is 24.9 Å². The molecule has 296 valence electrons. The number of anilines is 5. The normalized spacial score (nSPS) is 18.9. The molecule has 0 radical (unpaired) electrons. The number of piperazine rings is 1. The van der Waals surface area contributed by atoms with Gasteiger partial charge in [0.05, 0.1) is 29.3 Å². The molecule has 2 unspecified atom stereocenters. The van der Waals surface area contributed by atoms with E-state index in [0.717, 1.165) is 111 Å². The van der Waals surface area contributed by atoms with Gasteiger partial charge in [0.2, 0.25) is 18.2 Å². The maximum Gasteiger partial charge on any atom is 0.249 e. The minimum Gasteiger partial charge on any atom is -0.385 e. The number of imidazole rings is 1. The van der Waals surface area contributed by atoms with Crippen LogP contribution in [0.4, 0.5) is 33.1 Å². The number of nitrogens with zero attached hydrogens (tertiary/aromatic N) is 9. The highest BCUT2D eigenvalue weighted by Crippen LogP contribution is 2.36. The molecule has 3 amide bonds. The number of fused-ring (bicyclic) bond motifs is 1. The molecule has 3 fully saturated rings. The molecule has 0 bridgehead atoms. The summed E-state index contributed by atoms with van der Waals surface area (Å²) in [5.74, 6) is 0.766. The summed E-state index contributed by atoms with van der Waals surface area (Å²) < 4.78 is 16.0. The van der Waals surface area contributed by atoms with Crippen LogP contribution in [0.15, 0.2) is 79.0 Å². The minimum absolute atomic E-state index is 0.0690. The van der Waals surface area contributed by atoms with Crippen LogP contribution < -0.4 is 30.2 Å².